The average molecular weight is 273 g/mol. The lowest BCUT2D eigenvalue weighted by Gasteiger charge is -2.13. The van der Waals surface area contributed by atoms with Crippen LogP contribution in [0.1, 0.15) is 20.7 Å². The highest BCUT2D eigenvalue weighted by molar-refractivity contribution is 7.92. The number of anilines is 1. The van der Waals surface area contributed by atoms with Gasteiger partial charge in [-0.1, -0.05) is 0 Å². The maximum Gasteiger partial charge on any atom is 0.268 e. The Kier molecular flexibility index (Phi) is 3.89. The lowest BCUT2D eigenvalue weighted by molar-refractivity contribution is 0.0948. The van der Waals surface area contributed by atoms with E-state index in [1.54, 1.807) is 5.43 Å². The van der Waals surface area contributed by atoms with Gasteiger partial charge in [-0.2, -0.15) is 0 Å². The van der Waals surface area contributed by atoms with Crippen molar-refractivity contribution in [1.29, 1.82) is 0 Å². The van der Waals surface area contributed by atoms with Gasteiger partial charge >= 0.3 is 0 Å². The van der Waals surface area contributed by atoms with E-state index in [0.29, 0.717) is 6.29 Å². The van der Waals surface area contributed by atoms with Gasteiger partial charge in [-0.3, -0.25) is 19.7 Å². The third-order valence-corrected chi connectivity index (χ3v) is 2.56. The molecule has 0 saturated carbocycles. The van der Waals surface area contributed by atoms with Crippen LogP contribution in [-0.2, 0) is 10.0 Å². The van der Waals surface area contributed by atoms with Crippen LogP contribution in [0.4, 0.5) is 5.69 Å². The number of nitrogen functional groups attached to an aromatic ring is 1. The summed E-state index contributed by atoms with van der Waals surface area (Å²) in [7, 11) is -3.74. The molecule has 1 rings (SSSR count). The summed E-state index contributed by atoms with van der Waals surface area (Å²) >= 11 is 0. The molecule has 1 amide bonds. The normalized spacial score (nSPS) is 10.8. The lowest BCUT2D eigenvalue weighted by atomic mass is 10.1. The minimum atomic E-state index is -3.74. The molecule has 8 nitrogen and oxygen atoms in total. The zero-order chi connectivity index (χ0) is 13.9. The highest BCUT2D eigenvalue weighted by Gasteiger charge is 2.21. The summed E-state index contributed by atoms with van der Waals surface area (Å²) in [6.07, 6.45) is 1.18. The highest BCUT2D eigenvalue weighted by atomic mass is 32.2. The summed E-state index contributed by atoms with van der Waals surface area (Å²) in [4.78, 5) is 22.3. The van der Waals surface area contributed by atoms with Crippen molar-refractivity contribution in [2.24, 2.45) is 5.84 Å². The first-order chi connectivity index (χ1) is 8.30. The third kappa shape index (κ3) is 2.96. The average Bonchev–Trinajstić information content (AvgIpc) is 2.29. The molecular formula is C9H11N3O5S. The molecule has 0 aliphatic carbocycles. The van der Waals surface area contributed by atoms with Gasteiger partial charge in [-0.25, -0.2) is 14.3 Å². The van der Waals surface area contributed by atoms with E-state index in [1.165, 1.54) is 6.07 Å². The van der Waals surface area contributed by atoms with Gasteiger partial charge in [-0.15, -0.1) is 0 Å². The zero-order valence-electron chi connectivity index (χ0n) is 9.30. The van der Waals surface area contributed by atoms with Crippen LogP contribution >= 0.6 is 0 Å². The summed E-state index contributed by atoms with van der Waals surface area (Å²) in [6, 6.07) is 2.25. The summed E-state index contributed by atoms with van der Waals surface area (Å²) in [5.41, 5.74) is 0.909. The summed E-state index contributed by atoms with van der Waals surface area (Å²) in [5, 5.41) is 9.56. The largest absolute Gasteiger partial charge is 0.506 e. The fourth-order valence-corrected chi connectivity index (χ4v) is 1.89. The number of benzene rings is 1. The molecule has 0 heterocycles. The van der Waals surface area contributed by atoms with Crippen molar-refractivity contribution in [2.45, 2.75) is 0 Å². The van der Waals surface area contributed by atoms with Crippen molar-refractivity contribution < 1.29 is 23.1 Å². The number of nitrogens with two attached hydrogens (primary N) is 1. The number of rotatable bonds is 4. The van der Waals surface area contributed by atoms with Crippen molar-refractivity contribution in [3.8, 4) is 5.75 Å². The summed E-state index contributed by atoms with van der Waals surface area (Å²) in [5.74, 6) is 3.54. The fraction of sp³-hybridized carbons (Fsp3) is 0.111. The molecular weight excluding hydrogens is 262 g/mol. The number of nitrogens with one attached hydrogen (secondary N) is 2. The number of carbonyl (C=O) groups is 2. The Balaban J connectivity index is 3.55. The smallest absolute Gasteiger partial charge is 0.268 e. The number of carbonyl (C=O) groups excluding carboxylic acids is 2. The molecule has 1 aromatic rings. The monoisotopic (exact) mass is 273 g/mol. The maximum absolute atomic E-state index is 11.5. The first-order valence-corrected chi connectivity index (χ1v) is 6.49. The molecule has 9 heteroatoms. The molecule has 18 heavy (non-hydrogen) atoms. The van der Waals surface area contributed by atoms with Crippen LogP contribution < -0.4 is 16.0 Å². The van der Waals surface area contributed by atoms with Gasteiger partial charge in [0, 0.05) is 5.56 Å². The second kappa shape index (κ2) is 5.02. The van der Waals surface area contributed by atoms with E-state index in [1.807, 2.05) is 4.72 Å². The number of aromatic hydroxyl groups is 1. The number of sulfonamides is 1. The minimum Gasteiger partial charge on any atom is -0.506 e. The Morgan fingerprint density at radius 3 is 2.50 bits per heavy atom. The van der Waals surface area contributed by atoms with Crippen molar-refractivity contribution in [1.82, 2.24) is 5.43 Å². The van der Waals surface area contributed by atoms with Crippen LogP contribution in [-0.4, -0.2) is 32.0 Å². The zero-order valence-corrected chi connectivity index (χ0v) is 10.1. The Labute approximate surface area is 103 Å². The van der Waals surface area contributed by atoms with Gasteiger partial charge in [0.1, 0.15) is 11.4 Å². The highest BCUT2D eigenvalue weighted by Crippen LogP contribution is 2.30. The van der Waals surface area contributed by atoms with Gasteiger partial charge in [0.05, 0.1) is 11.8 Å². The number of hydrogen-bond acceptors (Lipinski definition) is 6. The molecule has 5 N–H and O–H groups in total. The van der Waals surface area contributed by atoms with Gasteiger partial charge in [0.15, 0.2) is 6.29 Å². The predicted molar refractivity (Wildman–Crippen MR) is 63.6 cm³/mol. The van der Waals surface area contributed by atoms with Crippen LogP contribution in [0.15, 0.2) is 12.1 Å². The quantitative estimate of drug-likeness (QED) is 0.186. The molecule has 0 aliphatic heterocycles. The van der Waals surface area contributed by atoms with Crippen molar-refractivity contribution in [3.63, 3.8) is 0 Å². The summed E-state index contributed by atoms with van der Waals surface area (Å²) < 4.78 is 24.2. The molecule has 0 unspecified atom stereocenters. The van der Waals surface area contributed by atoms with E-state index >= 15 is 0 Å². The summed E-state index contributed by atoms with van der Waals surface area (Å²) in [6.45, 7) is 0. The second-order valence-electron chi connectivity index (χ2n) is 3.39. The van der Waals surface area contributed by atoms with Crippen LogP contribution in [0.5, 0.6) is 5.75 Å². The first kappa shape index (κ1) is 13.9. The Bertz CT molecular complexity index is 596. The number of amides is 1. The van der Waals surface area contributed by atoms with Gasteiger partial charge in [0.2, 0.25) is 10.0 Å². The fourth-order valence-electron chi connectivity index (χ4n) is 1.31. The Hall–Kier alpha value is -2.13. The maximum atomic E-state index is 11.5. The van der Waals surface area contributed by atoms with E-state index in [9.17, 15) is 23.1 Å². The number of aldehydes is 1. The van der Waals surface area contributed by atoms with Gasteiger partial charge < -0.3 is 5.11 Å². The van der Waals surface area contributed by atoms with Crippen molar-refractivity contribution in [3.05, 3.63) is 23.3 Å². The van der Waals surface area contributed by atoms with Crippen LogP contribution in [0.3, 0.4) is 0 Å². The lowest BCUT2D eigenvalue weighted by Crippen LogP contribution is -2.32. The molecule has 0 spiro atoms. The topological polar surface area (TPSA) is 139 Å². The molecule has 0 aliphatic rings. The minimum absolute atomic E-state index is 0.109. The number of hydrogen-bond donors (Lipinski definition) is 4. The van der Waals surface area contributed by atoms with E-state index in [2.05, 4.69) is 0 Å². The molecule has 98 valence electrons. The molecule has 0 bridgehead atoms. The first-order valence-electron chi connectivity index (χ1n) is 4.60. The van der Waals surface area contributed by atoms with E-state index in [-0.39, 0.29) is 11.1 Å². The molecule has 0 saturated heterocycles. The van der Waals surface area contributed by atoms with Crippen molar-refractivity contribution in [2.75, 3.05) is 11.0 Å². The van der Waals surface area contributed by atoms with Crippen molar-refractivity contribution >= 4 is 27.9 Å². The van der Waals surface area contributed by atoms with E-state index < -0.39 is 27.4 Å². The number of phenolic OH excluding ortho intramolecular Hbond substituents is 1. The molecule has 0 fully saturated rings. The number of hydrazine groups is 1. The molecule has 0 aromatic heterocycles. The van der Waals surface area contributed by atoms with Crippen LogP contribution in [0.2, 0.25) is 0 Å². The Morgan fingerprint density at radius 1 is 1.44 bits per heavy atom. The molecule has 1 aromatic carbocycles. The molecule has 0 atom stereocenters. The van der Waals surface area contributed by atoms with Gasteiger partial charge in [-0.05, 0) is 12.1 Å². The van der Waals surface area contributed by atoms with Crippen LogP contribution in [0.25, 0.3) is 0 Å². The van der Waals surface area contributed by atoms with Crippen LogP contribution in [0, 0.1) is 0 Å². The predicted octanol–water partition coefficient (Wildman–Crippen LogP) is -0.820. The SMILES string of the molecule is CS(=O)(=O)Nc1c(O)ccc(C=O)c1C(=O)NN. The number of phenols is 1. The standard InChI is InChI=1S/C9H11N3O5S/c1-18(16,17)12-8-6(14)3-2-5(4-13)7(8)9(15)11-10/h2-4,12,14H,10H2,1H3,(H,11,15). The molecule has 0 radical (unpaired) electrons. The van der Waals surface area contributed by atoms with Gasteiger partial charge in [0.25, 0.3) is 5.91 Å². The second-order valence-corrected chi connectivity index (χ2v) is 5.14. The van der Waals surface area contributed by atoms with E-state index in [0.717, 1.165) is 12.3 Å². The third-order valence-electron chi connectivity index (χ3n) is 1.99. The van der Waals surface area contributed by atoms with E-state index in [4.69, 9.17) is 5.84 Å². The Morgan fingerprint density at radius 2 is 2.06 bits per heavy atom.